The molecular weight excluding hydrogens is 142 g/mol. The summed E-state index contributed by atoms with van der Waals surface area (Å²) >= 11 is 0. The number of piperidine rings is 1. The lowest BCUT2D eigenvalue weighted by atomic mass is 10.1. The van der Waals surface area contributed by atoms with Crippen LogP contribution in [-0.4, -0.2) is 36.1 Å². The second-order valence-corrected chi connectivity index (χ2v) is 3.74. The van der Waals surface area contributed by atoms with Gasteiger partial charge in [0.25, 0.3) is 0 Å². The Labute approximate surface area is 66.0 Å². The van der Waals surface area contributed by atoms with Crippen molar-refractivity contribution < 1.29 is 9.90 Å². The van der Waals surface area contributed by atoms with Crippen LogP contribution in [0.1, 0.15) is 6.42 Å². The maximum Gasteiger partial charge on any atom is 0.307 e. The summed E-state index contributed by atoms with van der Waals surface area (Å²) in [5, 5.41) is 8.75. The molecule has 0 bridgehead atoms. The van der Waals surface area contributed by atoms with E-state index in [0.717, 1.165) is 19.5 Å². The first kappa shape index (κ1) is 7.10. The van der Waals surface area contributed by atoms with E-state index in [1.807, 2.05) is 0 Å². The summed E-state index contributed by atoms with van der Waals surface area (Å²) < 4.78 is 0. The van der Waals surface area contributed by atoms with Crippen molar-refractivity contribution in [3.8, 4) is 0 Å². The van der Waals surface area contributed by atoms with Crippen molar-refractivity contribution in [2.24, 2.45) is 17.8 Å². The molecule has 62 valence electrons. The largest absolute Gasteiger partial charge is 0.481 e. The maximum atomic E-state index is 10.6. The lowest BCUT2D eigenvalue weighted by Gasteiger charge is -2.20. The van der Waals surface area contributed by atoms with E-state index in [1.165, 1.54) is 0 Å². The first-order valence-electron chi connectivity index (χ1n) is 4.11. The Morgan fingerprint density at radius 3 is 2.82 bits per heavy atom. The highest BCUT2D eigenvalue weighted by molar-refractivity contribution is 5.74. The first-order chi connectivity index (χ1) is 5.20. The Morgan fingerprint density at radius 2 is 2.27 bits per heavy atom. The van der Waals surface area contributed by atoms with E-state index in [-0.39, 0.29) is 5.92 Å². The number of fused-ring (bicyclic) bond motifs is 1. The molecule has 0 aromatic carbocycles. The fourth-order valence-corrected chi connectivity index (χ4v) is 2.27. The van der Waals surface area contributed by atoms with Crippen LogP contribution in [0, 0.1) is 17.8 Å². The Morgan fingerprint density at radius 1 is 1.55 bits per heavy atom. The van der Waals surface area contributed by atoms with Crippen LogP contribution in [0.4, 0.5) is 0 Å². The molecule has 1 saturated heterocycles. The lowest BCUT2D eigenvalue weighted by Crippen LogP contribution is -2.27. The minimum absolute atomic E-state index is 0.0139. The zero-order valence-electron chi connectivity index (χ0n) is 6.66. The SMILES string of the molecule is CN1CC[C@@H]2[C@@H](C1)[C@H]2C(=O)O. The van der Waals surface area contributed by atoms with Gasteiger partial charge < -0.3 is 10.0 Å². The lowest BCUT2D eigenvalue weighted by molar-refractivity contribution is -0.139. The van der Waals surface area contributed by atoms with Crippen molar-refractivity contribution in [2.45, 2.75) is 6.42 Å². The summed E-state index contributed by atoms with van der Waals surface area (Å²) in [6.45, 7) is 2.06. The van der Waals surface area contributed by atoms with Gasteiger partial charge in [-0.2, -0.15) is 0 Å². The van der Waals surface area contributed by atoms with E-state index in [9.17, 15) is 4.79 Å². The molecule has 3 atom stereocenters. The predicted molar refractivity (Wildman–Crippen MR) is 40.2 cm³/mol. The highest BCUT2D eigenvalue weighted by Crippen LogP contribution is 2.51. The first-order valence-corrected chi connectivity index (χ1v) is 4.11. The van der Waals surface area contributed by atoms with Crippen LogP contribution in [-0.2, 0) is 4.79 Å². The van der Waals surface area contributed by atoms with Crippen molar-refractivity contribution >= 4 is 5.97 Å². The average Bonchev–Trinajstić information content (AvgIpc) is 2.60. The molecule has 1 N–H and O–H groups in total. The van der Waals surface area contributed by atoms with Gasteiger partial charge in [-0.1, -0.05) is 0 Å². The third-order valence-corrected chi connectivity index (χ3v) is 2.98. The van der Waals surface area contributed by atoms with Gasteiger partial charge in [0.05, 0.1) is 5.92 Å². The number of carboxylic acids is 1. The Balaban J connectivity index is 1.98. The Hall–Kier alpha value is -0.570. The molecule has 0 spiro atoms. The molecule has 1 saturated carbocycles. The van der Waals surface area contributed by atoms with Crippen LogP contribution in [0.3, 0.4) is 0 Å². The zero-order valence-corrected chi connectivity index (χ0v) is 6.66. The van der Waals surface area contributed by atoms with Crippen LogP contribution in [0.5, 0.6) is 0 Å². The van der Waals surface area contributed by atoms with Gasteiger partial charge in [0, 0.05) is 6.54 Å². The fourth-order valence-electron chi connectivity index (χ4n) is 2.27. The number of hydrogen-bond acceptors (Lipinski definition) is 2. The maximum absolute atomic E-state index is 10.6. The number of carbonyl (C=O) groups is 1. The topological polar surface area (TPSA) is 40.5 Å². The average molecular weight is 155 g/mol. The van der Waals surface area contributed by atoms with Gasteiger partial charge in [0.1, 0.15) is 0 Å². The van der Waals surface area contributed by atoms with Gasteiger partial charge in [-0.25, -0.2) is 0 Å². The summed E-state index contributed by atoms with van der Waals surface area (Å²) in [5.74, 6) is 0.366. The normalized spacial score (nSPS) is 43.2. The van der Waals surface area contributed by atoms with Gasteiger partial charge >= 0.3 is 5.97 Å². The number of rotatable bonds is 1. The van der Waals surface area contributed by atoms with Gasteiger partial charge in [0.2, 0.25) is 0 Å². The number of carboxylic acid groups (broad SMARTS) is 1. The van der Waals surface area contributed by atoms with E-state index >= 15 is 0 Å². The number of aliphatic carboxylic acids is 1. The number of likely N-dealkylation sites (tertiary alicyclic amines) is 1. The summed E-state index contributed by atoms with van der Waals surface area (Å²) in [6, 6.07) is 0. The molecule has 2 fully saturated rings. The molecule has 11 heavy (non-hydrogen) atoms. The standard InChI is InChI=1S/C8H13NO2/c1-9-3-2-5-6(4-9)7(5)8(10)11/h5-7H,2-4H2,1H3,(H,10,11)/t5-,6-,7+/m1/s1. The number of hydrogen-bond donors (Lipinski definition) is 1. The highest BCUT2D eigenvalue weighted by atomic mass is 16.4. The van der Waals surface area contributed by atoms with Crippen LogP contribution < -0.4 is 0 Å². The molecule has 0 aromatic rings. The molecule has 1 heterocycles. The zero-order chi connectivity index (χ0) is 8.01. The van der Waals surface area contributed by atoms with E-state index < -0.39 is 5.97 Å². The second kappa shape index (κ2) is 2.21. The van der Waals surface area contributed by atoms with Gasteiger partial charge in [-0.05, 0) is 31.8 Å². The highest BCUT2D eigenvalue weighted by Gasteiger charge is 2.56. The molecule has 0 radical (unpaired) electrons. The fraction of sp³-hybridized carbons (Fsp3) is 0.875. The monoisotopic (exact) mass is 155 g/mol. The summed E-state index contributed by atoms with van der Waals surface area (Å²) in [6.07, 6.45) is 1.08. The van der Waals surface area contributed by atoms with E-state index in [0.29, 0.717) is 11.8 Å². The molecule has 2 rings (SSSR count). The molecule has 1 aliphatic heterocycles. The smallest absolute Gasteiger partial charge is 0.307 e. The summed E-state index contributed by atoms with van der Waals surface area (Å²) in [4.78, 5) is 12.8. The quantitative estimate of drug-likeness (QED) is 0.591. The summed E-state index contributed by atoms with van der Waals surface area (Å²) in [7, 11) is 2.06. The third kappa shape index (κ3) is 1.03. The van der Waals surface area contributed by atoms with Crippen LogP contribution in [0.2, 0.25) is 0 Å². The van der Waals surface area contributed by atoms with Crippen molar-refractivity contribution in [2.75, 3.05) is 20.1 Å². The molecule has 0 amide bonds. The predicted octanol–water partition coefficient (Wildman–Crippen LogP) is 0.269. The van der Waals surface area contributed by atoms with Crippen LogP contribution >= 0.6 is 0 Å². The molecule has 2 aliphatic rings. The van der Waals surface area contributed by atoms with Crippen molar-refractivity contribution in [3.05, 3.63) is 0 Å². The molecule has 0 unspecified atom stereocenters. The van der Waals surface area contributed by atoms with Crippen molar-refractivity contribution in [1.29, 1.82) is 0 Å². The molecule has 3 nitrogen and oxygen atoms in total. The molecule has 3 heteroatoms. The van der Waals surface area contributed by atoms with Gasteiger partial charge in [-0.3, -0.25) is 4.79 Å². The van der Waals surface area contributed by atoms with E-state index in [1.54, 1.807) is 0 Å². The Bertz CT molecular complexity index is 193. The second-order valence-electron chi connectivity index (χ2n) is 3.74. The van der Waals surface area contributed by atoms with Crippen molar-refractivity contribution in [3.63, 3.8) is 0 Å². The van der Waals surface area contributed by atoms with Gasteiger partial charge in [-0.15, -0.1) is 0 Å². The van der Waals surface area contributed by atoms with Crippen LogP contribution in [0.25, 0.3) is 0 Å². The van der Waals surface area contributed by atoms with E-state index in [2.05, 4.69) is 11.9 Å². The van der Waals surface area contributed by atoms with Gasteiger partial charge in [0.15, 0.2) is 0 Å². The Kier molecular flexibility index (Phi) is 1.42. The molecular formula is C8H13NO2. The molecule has 0 aromatic heterocycles. The number of nitrogens with zero attached hydrogens (tertiary/aromatic N) is 1. The van der Waals surface area contributed by atoms with Crippen molar-refractivity contribution in [1.82, 2.24) is 4.90 Å². The minimum atomic E-state index is -0.588. The summed E-state index contributed by atoms with van der Waals surface area (Å²) in [5.41, 5.74) is 0. The van der Waals surface area contributed by atoms with Crippen LogP contribution in [0.15, 0.2) is 0 Å². The van der Waals surface area contributed by atoms with E-state index in [4.69, 9.17) is 5.11 Å². The third-order valence-electron chi connectivity index (χ3n) is 2.98. The molecule has 1 aliphatic carbocycles. The minimum Gasteiger partial charge on any atom is -0.481 e.